The summed E-state index contributed by atoms with van der Waals surface area (Å²) in [5.74, 6) is 0.761. The van der Waals surface area contributed by atoms with Gasteiger partial charge in [0.25, 0.3) is 0 Å². The number of hydrogen-bond acceptors (Lipinski definition) is 2. The van der Waals surface area contributed by atoms with E-state index in [1.807, 2.05) is 32.2 Å². The fourth-order valence-corrected chi connectivity index (χ4v) is 2.65. The lowest BCUT2D eigenvalue weighted by molar-refractivity contribution is 0.300. The first-order valence-corrected chi connectivity index (χ1v) is 7.68. The number of rotatable bonds is 5. The molecule has 0 saturated carbocycles. The SMILES string of the molecule is CNC(C)c1cc(Cl)ccc1OCc1c(Cl)cccc1Cl. The Kier molecular flexibility index (Phi) is 5.77. The van der Waals surface area contributed by atoms with Crippen LogP contribution < -0.4 is 10.1 Å². The van der Waals surface area contributed by atoms with Gasteiger partial charge in [-0.15, -0.1) is 0 Å². The molecule has 21 heavy (non-hydrogen) atoms. The van der Waals surface area contributed by atoms with Gasteiger partial charge in [-0.3, -0.25) is 0 Å². The maximum atomic E-state index is 6.15. The zero-order chi connectivity index (χ0) is 15.4. The van der Waals surface area contributed by atoms with Crippen LogP contribution in [0.25, 0.3) is 0 Å². The van der Waals surface area contributed by atoms with Gasteiger partial charge in [-0.05, 0) is 44.3 Å². The zero-order valence-electron chi connectivity index (χ0n) is 11.8. The molecule has 0 aliphatic carbocycles. The number of benzene rings is 2. The molecule has 0 aromatic heterocycles. The second kappa shape index (κ2) is 7.37. The molecule has 0 aliphatic rings. The molecular weight excluding hydrogens is 329 g/mol. The summed E-state index contributed by atoms with van der Waals surface area (Å²) in [5.41, 5.74) is 1.77. The first kappa shape index (κ1) is 16.4. The summed E-state index contributed by atoms with van der Waals surface area (Å²) in [6.07, 6.45) is 0. The molecule has 1 N–H and O–H groups in total. The Hall–Kier alpha value is -0.930. The molecule has 2 aromatic rings. The molecule has 0 heterocycles. The summed E-state index contributed by atoms with van der Waals surface area (Å²) in [7, 11) is 1.89. The van der Waals surface area contributed by atoms with E-state index in [0.717, 1.165) is 16.9 Å². The van der Waals surface area contributed by atoms with Gasteiger partial charge in [0.2, 0.25) is 0 Å². The molecule has 1 atom stereocenters. The van der Waals surface area contributed by atoms with E-state index in [0.29, 0.717) is 21.7 Å². The van der Waals surface area contributed by atoms with E-state index >= 15 is 0 Å². The first-order chi connectivity index (χ1) is 10.0. The van der Waals surface area contributed by atoms with E-state index in [4.69, 9.17) is 39.5 Å². The lowest BCUT2D eigenvalue weighted by atomic mass is 10.1. The van der Waals surface area contributed by atoms with Crippen LogP contribution in [0.4, 0.5) is 0 Å². The van der Waals surface area contributed by atoms with E-state index in [9.17, 15) is 0 Å². The molecule has 0 spiro atoms. The van der Waals surface area contributed by atoms with Gasteiger partial charge >= 0.3 is 0 Å². The van der Waals surface area contributed by atoms with Crippen LogP contribution in [0.15, 0.2) is 36.4 Å². The highest BCUT2D eigenvalue weighted by atomic mass is 35.5. The number of nitrogens with one attached hydrogen (secondary N) is 1. The summed E-state index contributed by atoms with van der Waals surface area (Å²) in [4.78, 5) is 0. The van der Waals surface area contributed by atoms with Gasteiger partial charge in [0.05, 0.1) is 0 Å². The van der Waals surface area contributed by atoms with E-state index < -0.39 is 0 Å². The van der Waals surface area contributed by atoms with Crippen molar-refractivity contribution in [2.45, 2.75) is 19.6 Å². The highest BCUT2D eigenvalue weighted by Gasteiger charge is 2.13. The molecule has 5 heteroatoms. The molecule has 0 aliphatic heterocycles. The molecular formula is C16H16Cl3NO. The Morgan fingerprint density at radius 1 is 1.10 bits per heavy atom. The summed E-state index contributed by atoms with van der Waals surface area (Å²) in [6.45, 7) is 2.35. The van der Waals surface area contributed by atoms with Crippen LogP contribution in [0, 0.1) is 0 Å². The average molecular weight is 345 g/mol. The van der Waals surface area contributed by atoms with Gasteiger partial charge in [-0.25, -0.2) is 0 Å². The molecule has 0 fully saturated rings. The number of ether oxygens (including phenoxy) is 1. The predicted octanol–water partition coefficient (Wildman–Crippen LogP) is 5.51. The molecule has 2 aromatic carbocycles. The van der Waals surface area contributed by atoms with E-state index in [1.165, 1.54) is 0 Å². The highest BCUT2D eigenvalue weighted by Crippen LogP contribution is 2.31. The second-order valence-corrected chi connectivity index (χ2v) is 5.93. The van der Waals surface area contributed by atoms with Crippen LogP contribution in [0.2, 0.25) is 15.1 Å². The van der Waals surface area contributed by atoms with Crippen molar-refractivity contribution in [3.8, 4) is 5.75 Å². The quantitative estimate of drug-likeness (QED) is 0.772. The van der Waals surface area contributed by atoms with E-state index in [2.05, 4.69) is 5.32 Å². The molecule has 0 radical (unpaired) electrons. The van der Waals surface area contributed by atoms with E-state index in [-0.39, 0.29) is 6.04 Å². The highest BCUT2D eigenvalue weighted by molar-refractivity contribution is 6.35. The molecule has 2 rings (SSSR count). The lowest BCUT2D eigenvalue weighted by Crippen LogP contribution is -2.14. The average Bonchev–Trinajstić information content (AvgIpc) is 2.47. The van der Waals surface area contributed by atoms with Crippen LogP contribution in [0.5, 0.6) is 5.75 Å². The van der Waals surface area contributed by atoms with Crippen molar-refractivity contribution >= 4 is 34.8 Å². The largest absolute Gasteiger partial charge is 0.488 e. The second-order valence-electron chi connectivity index (χ2n) is 4.68. The predicted molar refractivity (Wildman–Crippen MR) is 89.7 cm³/mol. The Balaban J connectivity index is 2.24. The maximum absolute atomic E-state index is 6.15. The van der Waals surface area contributed by atoms with Crippen LogP contribution in [0.1, 0.15) is 24.1 Å². The topological polar surface area (TPSA) is 21.3 Å². The van der Waals surface area contributed by atoms with Gasteiger partial charge in [0.1, 0.15) is 12.4 Å². The minimum absolute atomic E-state index is 0.125. The van der Waals surface area contributed by atoms with Gasteiger partial charge in [-0.1, -0.05) is 40.9 Å². The van der Waals surface area contributed by atoms with Crippen LogP contribution >= 0.6 is 34.8 Å². The van der Waals surface area contributed by atoms with Crippen molar-refractivity contribution in [2.75, 3.05) is 7.05 Å². The lowest BCUT2D eigenvalue weighted by Gasteiger charge is -2.17. The molecule has 0 bridgehead atoms. The standard InChI is InChI=1S/C16H16Cl3NO/c1-10(20-2)12-8-11(17)6-7-16(12)21-9-13-14(18)4-3-5-15(13)19/h3-8,10,20H,9H2,1-2H3. The summed E-state index contributed by atoms with van der Waals surface area (Å²) in [6, 6.07) is 11.1. The minimum atomic E-state index is 0.125. The van der Waals surface area contributed by atoms with Gasteiger partial charge in [0, 0.05) is 32.2 Å². The molecule has 1 unspecified atom stereocenters. The Bertz CT molecular complexity index is 611. The molecule has 0 saturated heterocycles. The number of hydrogen-bond donors (Lipinski definition) is 1. The maximum Gasteiger partial charge on any atom is 0.124 e. The van der Waals surface area contributed by atoms with Gasteiger partial charge in [0.15, 0.2) is 0 Å². The third kappa shape index (κ3) is 4.04. The van der Waals surface area contributed by atoms with Gasteiger partial charge in [-0.2, -0.15) is 0 Å². The van der Waals surface area contributed by atoms with Crippen molar-refractivity contribution in [3.05, 3.63) is 62.6 Å². The summed E-state index contributed by atoms with van der Waals surface area (Å²) < 4.78 is 5.90. The third-order valence-electron chi connectivity index (χ3n) is 3.31. The minimum Gasteiger partial charge on any atom is -0.488 e. The van der Waals surface area contributed by atoms with Crippen molar-refractivity contribution in [3.63, 3.8) is 0 Å². The van der Waals surface area contributed by atoms with Crippen LogP contribution in [-0.2, 0) is 6.61 Å². The summed E-state index contributed by atoms with van der Waals surface area (Å²) >= 11 is 18.4. The fraction of sp³-hybridized carbons (Fsp3) is 0.250. The van der Waals surface area contributed by atoms with Crippen molar-refractivity contribution in [1.29, 1.82) is 0 Å². The van der Waals surface area contributed by atoms with E-state index in [1.54, 1.807) is 18.2 Å². The van der Waals surface area contributed by atoms with Crippen LogP contribution in [0.3, 0.4) is 0 Å². The van der Waals surface area contributed by atoms with Crippen LogP contribution in [-0.4, -0.2) is 7.05 Å². The molecule has 112 valence electrons. The Morgan fingerprint density at radius 2 is 1.76 bits per heavy atom. The normalized spacial score (nSPS) is 12.2. The third-order valence-corrected chi connectivity index (χ3v) is 4.25. The smallest absolute Gasteiger partial charge is 0.124 e. The fourth-order valence-electron chi connectivity index (χ4n) is 1.96. The Labute approximate surface area is 140 Å². The monoisotopic (exact) mass is 343 g/mol. The number of halogens is 3. The van der Waals surface area contributed by atoms with Crippen molar-refractivity contribution < 1.29 is 4.74 Å². The zero-order valence-corrected chi connectivity index (χ0v) is 14.1. The molecule has 0 amide bonds. The first-order valence-electron chi connectivity index (χ1n) is 6.55. The summed E-state index contributed by atoms with van der Waals surface area (Å²) in [5, 5.41) is 5.05. The Morgan fingerprint density at radius 3 is 2.38 bits per heavy atom. The van der Waals surface area contributed by atoms with Crippen molar-refractivity contribution in [1.82, 2.24) is 5.32 Å². The van der Waals surface area contributed by atoms with Gasteiger partial charge < -0.3 is 10.1 Å². The van der Waals surface area contributed by atoms with Crippen molar-refractivity contribution in [2.24, 2.45) is 0 Å². The molecule has 2 nitrogen and oxygen atoms in total.